The number of carbonyl (C=O) groups is 1. The summed E-state index contributed by atoms with van der Waals surface area (Å²) < 4.78 is 106. The van der Waals surface area contributed by atoms with Crippen LogP contribution in [0.25, 0.3) is 5.69 Å². The predicted molar refractivity (Wildman–Crippen MR) is 113 cm³/mol. The third-order valence-corrected chi connectivity index (χ3v) is 5.98. The van der Waals surface area contributed by atoms with Crippen molar-refractivity contribution in [2.45, 2.75) is 30.1 Å². The SMILES string of the molecule is C=C(CCC(F)(F)F)NC(=O)c1ccc(C(F)(F)F)cc1NS(=O)(=O)c1ccc(-n2cnnn2)cc1. The van der Waals surface area contributed by atoms with Crippen molar-refractivity contribution in [2.75, 3.05) is 4.72 Å². The number of nitrogens with one attached hydrogen (secondary N) is 2. The molecule has 0 saturated heterocycles. The summed E-state index contributed by atoms with van der Waals surface area (Å²) in [6.07, 6.45) is -10.1. The Labute approximate surface area is 199 Å². The first-order valence-corrected chi connectivity index (χ1v) is 11.3. The second kappa shape index (κ2) is 9.96. The Hall–Kier alpha value is -3.95. The molecule has 3 rings (SSSR count). The van der Waals surface area contributed by atoms with Crippen LogP contribution in [0.2, 0.25) is 0 Å². The third kappa shape index (κ3) is 6.80. The van der Waals surface area contributed by atoms with Gasteiger partial charge in [0.2, 0.25) is 0 Å². The van der Waals surface area contributed by atoms with E-state index in [1.807, 2.05) is 10.0 Å². The fraction of sp³-hybridized carbons (Fsp3) is 0.200. The first-order valence-electron chi connectivity index (χ1n) is 9.79. The molecule has 0 aliphatic rings. The molecule has 0 saturated carbocycles. The van der Waals surface area contributed by atoms with Gasteiger partial charge in [0.05, 0.1) is 27.4 Å². The number of halogens is 6. The number of allylic oxidation sites excluding steroid dienone is 1. The summed E-state index contributed by atoms with van der Waals surface area (Å²) in [5, 5.41) is 12.5. The largest absolute Gasteiger partial charge is 0.416 e. The van der Waals surface area contributed by atoms with Crippen LogP contribution < -0.4 is 10.0 Å². The second-order valence-corrected chi connectivity index (χ2v) is 8.97. The van der Waals surface area contributed by atoms with Crippen LogP contribution >= 0.6 is 0 Å². The van der Waals surface area contributed by atoms with E-state index in [0.717, 1.165) is 12.1 Å². The third-order valence-electron chi connectivity index (χ3n) is 4.60. The number of tetrazole rings is 1. The highest BCUT2D eigenvalue weighted by Crippen LogP contribution is 2.33. The molecule has 2 aromatic carbocycles. The molecule has 1 amide bonds. The molecule has 16 heteroatoms. The van der Waals surface area contributed by atoms with E-state index >= 15 is 0 Å². The summed E-state index contributed by atoms with van der Waals surface area (Å²) in [6.45, 7) is 3.29. The minimum atomic E-state index is -4.88. The normalized spacial score (nSPS) is 12.3. The van der Waals surface area contributed by atoms with Gasteiger partial charge in [0, 0.05) is 12.1 Å². The maximum atomic E-state index is 13.2. The number of sulfonamides is 1. The van der Waals surface area contributed by atoms with Crippen molar-refractivity contribution in [3.05, 3.63) is 72.2 Å². The lowest BCUT2D eigenvalue weighted by Gasteiger charge is -2.16. The quantitative estimate of drug-likeness (QED) is 0.421. The highest BCUT2D eigenvalue weighted by molar-refractivity contribution is 7.92. The van der Waals surface area contributed by atoms with Gasteiger partial charge in [-0.3, -0.25) is 9.52 Å². The highest BCUT2D eigenvalue weighted by Gasteiger charge is 2.32. The highest BCUT2D eigenvalue weighted by atomic mass is 32.2. The van der Waals surface area contributed by atoms with Crippen molar-refractivity contribution < 1.29 is 39.6 Å². The van der Waals surface area contributed by atoms with E-state index in [9.17, 15) is 39.6 Å². The first-order chi connectivity index (χ1) is 16.7. The summed E-state index contributed by atoms with van der Waals surface area (Å²) in [7, 11) is -4.50. The monoisotopic (exact) mass is 534 g/mol. The summed E-state index contributed by atoms with van der Waals surface area (Å²) in [5.41, 5.74) is -2.54. The smallest absolute Gasteiger partial charge is 0.326 e. The average Bonchev–Trinajstić information content (AvgIpc) is 3.31. The molecule has 192 valence electrons. The number of carbonyl (C=O) groups excluding carboxylic acids is 1. The van der Waals surface area contributed by atoms with E-state index in [-0.39, 0.29) is 10.6 Å². The van der Waals surface area contributed by atoms with E-state index < -0.39 is 57.9 Å². The Morgan fingerprint density at radius 1 is 1.03 bits per heavy atom. The van der Waals surface area contributed by atoms with E-state index in [1.165, 1.54) is 23.1 Å². The molecule has 0 spiro atoms. The zero-order valence-corrected chi connectivity index (χ0v) is 18.7. The molecular weight excluding hydrogens is 518 g/mol. The van der Waals surface area contributed by atoms with Crippen LogP contribution in [0.4, 0.5) is 32.0 Å². The number of hydrogen-bond donors (Lipinski definition) is 2. The summed E-state index contributed by atoms with van der Waals surface area (Å²) in [5.74, 6) is -1.15. The molecule has 0 radical (unpaired) electrons. The van der Waals surface area contributed by atoms with Gasteiger partial charge in [0.25, 0.3) is 15.9 Å². The lowest BCUT2D eigenvalue weighted by Crippen LogP contribution is -2.25. The van der Waals surface area contributed by atoms with Gasteiger partial charge in [0.1, 0.15) is 6.33 Å². The summed E-state index contributed by atoms with van der Waals surface area (Å²) in [6, 6.07) is 6.56. The van der Waals surface area contributed by atoms with Crippen molar-refractivity contribution >= 4 is 21.6 Å². The van der Waals surface area contributed by atoms with Crippen LogP contribution in [0.3, 0.4) is 0 Å². The van der Waals surface area contributed by atoms with Gasteiger partial charge in [-0.15, -0.1) is 5.10 Å². The molecule has 1 aromatic heterocycles. The van der Waals surface area contributed by atoms with Crippen LogP contribution in [-0.4, -0.2) is 40.7 Å². The topological polar surface area (TPSA) is 119 Å². The molecule has 0 bridgehead atoms. The van der Waals surface area contributed by atoms with Crippen molar-refractivity contribution in [1.82, 2.24) is 25.5 Å². The summed E-state index contributed by atoms with van der Waals surface area (Å²) in [4.78, 5) is 12.2. The van der Waals surface area contributed by atoms with E-state index in [0.29, 0.717) is 23.9 Å². The molecule has 2 N–H and O–H groups in total. The van der Waals surface area contributed by atoms with Crippen molar-refractivity contribution in [3.8, 4) is 5.69 Å². The Bertz CT molecular complexity index is 1350. The number of amides is 1. The van der Waals surface area contributed by atoms with Gasteiger partial charge < -0.3 is 5.32 Å². The van der Waals surface area contributed by atoms with Gasteiger partial charge in [-0.2, -0.15) is 26.3 Å². The molecule has 3 aromatic rings. The fourth-order valence-electron chi connectivity index (χ4n) is 2.85. The number of alkyl halides is 6. The molecule has 0 unspecified atom stereocenters. The minimum Gasteiger partial charge on any atom is -0.326 e. The number of nitrogens with zero attached hydrogens (tertiary/aromatic N) is 4. The zero-order chi connectivity index (χ0) is 26.7. The van der Waals surface area contributed by atoms with Crippen LogP contribution in [0.1, 0.15) is 28.8 Å². The lowest BCUT2D eigenvalue weighted by molar-refractivity contribution is -0.137. The second-order valence-electron chi connectivity index (χ2n) is 7.28. The maximum absolute atomic E-state index is 13.2. The number of hydrogen-bond acceptors (Lipinski definition) is 6. The average molecular weight is 534 g/mol. The molecular formula is C20H16F6N6O3S. The van der Waals surface area contributed by atoms with Crippen LogP contribution in [0.5, 0.6) is 0 Å². The minimum absolute atomic E-state index is 0.357. The number of rotatable bonds is 8. The van der Waals surface area contributed by atoms with Crippen molar-refractivity contribution in [3.63, 3.8) is 0 Å². The number of benzene rings is 2. The van der Waals surface area contributed by atoms with E-state index in [4.69, 9.17) is 0 Å². The first kappa shape index (κ1) is 26.7. The standard InChI is InChI=1S/C20H16F6N6O3S/c1-12(8-9-19(21,22)23)28-18(33)16-7-2-13(20(24,25)26)10-17(16)29-36(34,35)15-5-3-14(4-6-15)32-11-27-30-31-32/h2-7,10-11,29H,1,8-9H2,(H,28,33). The molecule has 0 aliphatic carbocycles. The van der Waals surface area contributed by atoms with Gasteiger partial charge in [-0.05, 0) is 59.3 Å². The van der Waals surface area contributed by atoms with Gasteiger partial charge in [0.15, 0.2) is 0 Å². The summed E-state index contributed by atoms with van der Waals surface area (Å²) >= 11 is 0. The predicted octanol–water partition coefficient (Wildman–Crippen LogP) is 4.07. The molecule has 0 fully saturated rings. The van der Waals surface area contributed by atoms with Gasteiger partial charge in [-0.1, -0.05) is 6.58 Å². The fourth-order valence-corrected chi connectivity index (χ4v) is 3.92. The zero-order valence-electron chi connectivity index (χ0n) is 17.9. The van der Waals surface area contributed by atoms with Crippen LogP contribution in [-0.2, 0) is 16.2 Å². The van der Waals surface area contributed by atoms with E-state index in [2.05, 4.69) is 22.1 Å². The molecule has 36 heavy (non-hydrogen) atoms. The Balaban J connectivity index is 1.89. The molecule has 1 heterocycles. The lowest BCUT2D eigenvalue weighted by atomic mass is 10.1. The molecule has 0 aliphatic heterocycles. The Morgan fingerprint density at radius 3 is 2.25 bits per heavy atom. The van der Waals surface area contributed by atoms with Gasteiger partial charge in [-0.25, -0.2) is 13.1 Å². The number of aromatic nitrogens is 4. The van der Waals surface area contributed by atoms with Crippen molar-refractivity contribution in [1.29, 1.82) is 0 Å². The Kier molecular flexibility index (Phi) is 7.38. The number of anilines is 1. The van der Waals surface area contributed by atoms with Crippen LogP contribution in [0, 0.1) is 0 Å². The molecule has 0 atom stereocenters. The van der Waals surface area contributed by atoms with Crippen LogP contribution in [0.15, 0.2) is 66.0 Å². The van der Waals surface area contributed by atoms with E-state index in [1.54, 1.807) is 0 Å². The van der Waals surface area contributed by atoms with Gasteiger partial charge >= 0.3 is 12.4 Å². The van der Waals surface area contributed by atoms with Crippen molar-refractivity contribution in [2.24, 2.45) is 0 Å². The molecule has 9 nitrogen and oxygen atoms in total. The Morgan fingerprint density at radius 2 is 1.69 bits per heavy atom. The maximum Gasteiger partial charge on any atom is 0.416 e.